The molecule has 0 bridgehead atoms. The first-order chi connectivity index (χ1) is 10.7. The normalized spacial score (nSPS) is 11.5. The van der Waals surface area contributed by atoms with E-state index in [2.05, 4.69) is 44.2 Å². The number of unbranched alkanes of at least 4 members (excludes halogenated alkanes) is 6. The van der Waals surface area contributed by atoms with Crippen LogP contribution in [0.15, 0.2) is 35.9 Å². The second-order valence-electron chi connectivity index (χ2n) is 5.94. The molecule has 0 aliphatic heterocycles. The minimum atomic E-state index is -0.202. The number of allylic oxidation sites excluding steroid dienone is 1. The molecule has 0 amide bonds. The lowest BCUT2D eigenvalue weighted by molar-refractivity contribution is -0.136. The van der Waals surface area contributed by atoms with Gasteiger partial charge in [0.1, 0.15) is 0 Å². The van der Waals surface area contributed by atoms with E-state index in [0.717, 1.165) is 24.0 Å². The van der Waals surface area contributed by atoms with Crippen LogP contribution in [0.25, 0.3) is 0 Å². The Labute approximate surface area is 135 Å². The van der Waals surface area contributed by atoms with E-state index in [0.29, 0.717) is 6.42 Å². The third-order valence-electron chi connectivity index (χ3n) is 3.91. The summed E-state index contributed by atoms with van der Waals surface area (Å²) < 4.78 is 4.91. The molecule has 0 unspecified atom stereocenters. The monoisotopic (exact) mass is 302 g/mol. The molecule has 122 valence electrons. The Kier molecular flexibility index (Phi) is 9.29. The predicted octanol–water partition coefficient (Wildman–Crippen LogP) is 5.39. The first kappa shape index (κ1) is 18.5. The van der Waals surface area contributed by atoms with Gasteiger partial charge in [0.2, 0.25) is 0 Å². The van der Waals surface area contributed by atoms with Gasteiger partial charge in [-0.15, -0.1) is 0 Å². The molecule has 0 aliphatic rings. The molecule has 0 N–H and O–H groups in total. The van der Waals surface area contributed by atoms with Crippen molar-refractivity contribution in [2.45, 2.75) is 65.2 Å². The smallest absolute Gasteiger partial charge is 0.333 e. The van der Waals surface area contributed by atoms with Crippen LogP contribution in [0.4, 0.5) is 0 Å². The van der Waals surface area contributed by atoms with Crippen molar-refractivity contribution in [2.24, 2.45) is 0 Å². The molecular weight excluding hydrogens is 272 g/mol. The maximum absolute atomic E-state index is 11.9. The van der Waals surface area contributed by atoms with Crippen LogP contribution in [-0.2, 0) is 16.0 Å². The van der Waals surface area contributed by atoms with Crippen LogP contribution in [0, 0.1) is 6.92 Å². The zero-order chi connectivity index (χ0) is 16.2. The average Bonchev–Trinajstić information content (AvgIpc) is 2.54. The minimum absolute atomic E-state index is 0.202. The number of rotatable bonds is 10. The molecule has 1 aromatic carbocycles. The molecule has 0 aliphatic carbocycles. The van der Waals surface area contributed by atoms with Crippen LogP contribution in [0.3, 0.4) is 0 Å². The van der Waals surface area contributed by atoms with Crippen molar-refractivity contribution in [1.82, 2.24) is 0 Å². The highest BCUT2D eigenvalue weighted by Crippen LogP contribution is 2.14. The summed E-state index contributed by atoms with van der Waals surface area (Å²) in [6.45, 7) is 4.30. The summed E-state index contributed by atoms with van der Waals surface area (Å²) >= 11 is 0. The van der Waals surface area contributed by atoms with Gasteiger partial charge in [-0.2, -0.15) is 0 Å². The number of esters is 1. The van der Waals surface area contributed by atoms with Crippen molar-refractivity contribution >= 4 is 5.97 Å². The van der Waals surface area contributed by atoms with Crippen LogP contribution in [0.5, 0.6) is 0 Å². The summed E-state index contributed by atoms with van der Waals surface area (Å²) in [6.07, 6.45) is 11.3. The lowest BCUT2D eigenvalue weighted by Gasteiger charge is -2.07. The second-order valence-corrected chi connectivity index (χ2v) is 5.94. The summed E-state index contributed by atoms with van der Waals surface area (Å²) in [5, 5.41) is 0. The quantitative estimate of drug-likeness (QED) is 0.329. The lowest BCUT2D eigenvalue weighted by Crippen LogP contribution is -2.07. The Morgan fingerprint density at radius 1 is 1.05 bits per heavy atom. The molecular formula is C20H30O2. The van der Waals surface area contributed by atoms with E-state index in [9.17, 15) is 4.79 Å². The number of ether oxygens (including phenoxy) is 1. The zero-order valence-corrected chi connectivity index (χ0v) is 14.4. The predicted molar refractivity (Wildman–Crippen MR) is 93.0 cm³/mol. The van der Waals surface area contributed by atoms with Crippen LogP contribution >= 0.6 is 0 Å². The molecule has 0 fully saturated rings. The van der Waals surface area contributed by atoms with E-state index in [1.54, 1.807) is 0 Å². The van der Waals surface area contributed by atoms with Gasteiger partial charge in [0, 0.05) is 12.0 Å². The van der Waals surface area contributed by atoms with Gasteiger partial charge < -0.3 is 4.74 Å². The van der Waals surface area contributed by atoms with Crippen molar-refractivity contribution < 1.29 is 9.53 Å². The van der Waals surface area contributed by atoms with Gasteiger partial charge in [-0.3, -0.25) is 0 Å². The molecule has 1 rings (SSSR count). The molecule has 0 radical (unpaired) electrons. The highest BCUT2D eigenvalue weighted by Gasteiger charge is 2.10. The van der Waals surface area contributed by atoms with E-state index in [1.807, 2.05) is 0 Å². The van der Waals surface area contributed by atoms with Crippen LogP contribution in [0.1, 0.15) is 63.0 Å². The number of carbonyl (C=O) groups excluding carboxylic acids is 1. The largest absolute Gasteiger partial charge is 0.466 e. The van der Waals surface area contributed by atoms with Gasteiger partial charge in [0.05, 0.1) is 7.11 Å². The van der Waals surface area contributed by atoms with E-state index in [-0.39, 0.29) is 5.97 Å². The maximum Gasteiger partial charge on any atom is 0.333 e. The van der Waals surface area contributed by atoms with Crippen LogP contribution in [0.2, 0.25) is 0 Å². The fourth-order valence-corrected chi connectivity index (χ4v) is 2.49. The van der Waals surface area contributed by atoms with Crippen molar-refractivity contribution in [3.63, 3.8) is 0 Å². The lowest BCUT2D eigenvalue weighted by atomic mass is 10.0. The number of aryl methyl sites for hydroxylation is 1. The maximum atomic E-state index is 11.9. The second kappa shape index (κ2) is 11.1. The third kappa shape index (κ3) is 7.44. The van der Waals surface area contributed by atoms with Crippen molar-refractivity contribution in [3.05, 3.63) is 47.0 Å². The highest BCUT2D eigenvalue weighted by atomic mass is 16.5. The van der Waals surface area contributed by atoms with Crippen LogP contribution in [-0.4, -0.2) is 13.1 Å². The molecule has 0 atom stereocenters. The SMILES string of the molecule is CCCCCCCC/C=C(\Cc1ccc(C)cc1)C(=O)OC. The zero-order valence-electron chi connectivity index (χ0n) is 14.4. The molecule has 0 aromatic heterocycles. The summed E-state index contributed by atoms with van der Waals surface area (Å²) in [7, 11) is 1.45. The fourth-order valence-electron chi connectivity index (χ4n) is 2.49. The summed E-state index contributed by atoms with van der Waals surface area (Å²) in [5.41, 5.74) is 3.17. The number of benzene rings is 1. The Morgan fingerprint density at radius 2 is 1.68 bits per heavy atom. The molecule has 22 heavy (non-hydrogen) atoms. The van der Waals surface area contributed by atoms with E-state index < -0.39 is 0 Å². The average molecular weight is 302 g/mol. The molecule has 0 saturated heterocycles. The number of hydrogen-bond donors (Lipinski definition) is 0. The first-order valence-corrected chi connectivity index (χ1v) is 8.50. The third-order valence-corrected chi connectivity index (χ3v) is 3.91. The molecule has 0 heterocycles. The Bertz CT molecular complexity index is 457. The van der Waals surface area contributed by atoms with E-state index >= 15 is 0 Å². The number of carbonyl (C=O) groups is 1. The molecule has 0 saturated carbocycles. The van der Waals surface area contributed by atoms with Gasteiger partial charge in [0.25, 0.3) is 0 Å². The van der Waals surface area contributed by atoms with Gasteiger partial charge in [-0.25, -0.2) is 4.79 Å². The molecule has 2 nitrogen and oxygen atoms in total. The van der Waals surface area contributed by atoms with Gasteiger partial charge >= 0.3 is 5.97 Å². The van der Waals surface area contributed by atoms with E-state index in [1.165, 1.54) is 44.8 Å². The number of hydrogen-bond acceptors (Lipinski definition) is 2. The Hall–Kier alpha value is -1.57. The molecule has 0 spiro atoms. The fraction of sp³-hybridized carbons (Fsp3) is 0.550. The molecule has 2 heteroatoms. The van der Waals surface area contributed by atoms with Gasteiger partial charge in [-0.1, -0.05) is 74.9 Å². The van der Waals surface area contributed by atoms with Crippen molar-refractivity contribution in [1.29, 1.82) is 0 Å². The van der Waals surface area contributed by atoms with Crippen molar-refractivity contribution in [3.8, 4) is 0 Å². The summed E-state index contributed by atoms with van der Waals surface area (Å²) in [5.74, 6) is -0.202. The van der Waals surface area contributed by atoms with Gasteiger partial charge in [0.15, 0.2) is 0 Å². The minimum Gasteiger partial charge on any atom is -0.466 e. The Morgan fingerprint density at radius 3 is 2.32 bits per heavy atom. The first-order valence-electron chi connectivity index (χ1n) is 8.50. The topological polar surface area (TPSA) is 26.3 Å². The van der Waals surface area contributed by atoms with Crippen molar-refractivity contribution in [2.75, 3.05) is 7.11 Å². The highest BCUT2D eigenvalue weighted by molar-refractivity contribution is 5.88. The number of methoxy groups -OCH3 is 1. The summed E-state index contributed by atoms with van der Waals surface area (Å²) in [6, 6.07) is 8.32. The Balaban J connectivity index is 2.48. The van der Waals surface area contributed by atoms with Crippen LogP contribution < -0.4 is 0 Å². The van der Waals surface area contributed by atoms with E-state index in [4.69, 9.17) is 4.74 Å². The standard InChI is InChI=1S/C20H30O2/c1-4-5-6-7-8-9-10-11-19(20(21)22-3)16-18-14-12-17(2)13-15-18/h11-15H,4-10,16H2,1-3H3/b19-11+. The summed E-state index contributed by atoms with van der Waals surface area (Å²) in [4.78, 5) is 11.9. The van der Waals surface area contributed by atoms with Gasteiger partial charge in [-0.05, 0) is 25.3 Å². The molecule has 1 aromatic rings.